The lowest BCUT2D eigenvalue weighted by Gasteiger charge is -2.16. The lowest BCUT2D eigenvalue weighted by Crippen LogP contribution is -2.21. The van der Waals surface area contributed by atoms with Gasteiger partial charge < -0.3 is 9.47 Å². The van der Waals surface area contributed by atoms with Gasteiger partial charge in [-0.2, -0.15) is 0 Å². The number of ether oxygens (including phenoxy) is 2. The maximum atomic E-state index is 11.4. The number of esters is 1. The van der Waals surface area contributed by atoms with Crippen LogP contribution >= 0.6 is 0 Å². The number of hydrogen-bond donors (Lipinski definition) is 0. The largest absolute Gasteiger partial charge is 0.466 e. The molecule has 102 valence electrons. The highest BCUT2D eigenvalue weighted by Gasteiger charge is 2.15. The molecule has 0 fully saturated rings. The second kappa shape index (κ2) is 10.6. The molecule has 0 aromatic heterocycles. The summed E-state index contributed by atoms with van der Waals surface area (Å²) in [5.74, 6) is 0.317. The molecule has 0 aliphatic rings. The van der Waals surface area contributed by atoms with Gasteiger partial charge in [0.25, 0.3) is 0 Å². The van der Waals surface area contributed by atoms with Crippen molar-refractivity contribution in [3.63, 3.8) is 0 Å². The van der Waals surface area contributed by atoms with Gasteiger partial charge in [-0.1, -0.05) is 33.1 Å². The second-order valence-electron chi connectivity index (χ2n) is 4.61. The molecule has 0 radical (unpaired) electrons. The van der Waals surface area contributed by atoms with Crippen molar-refractivity contribution in [1.82, 2.24) is 0 Å². The number of hydrogen-bond acceptors (Lipinski definition) is 3. The minimum Gasteiger partial charge on any atom is -0.466 e. The maximum absolute atomic E-state index is 11.4. The van der Waals surface area contributed by atoms with Crippen molar-refractivity contribution < 1.29 is 14.3 Å². The van der Waals surface area contributed by atoms with Crippen LogP contribution in [0.5, 0.6) is 0 Å². The zero-order valence-electron chi connectivity index (χ0n) is 11.8. The Kier molecular flexibility index (Phi) is 10.2. The Morgan fingerprint density at radius 1 is 1.18 bits per heavy atom. The van der Waals surface area contributed by atoms with E-state index in [9.17, 15) is 4.79 Å². The molecule has 0 saturated heterocycles. The van der Waals surface area contributed by atoms with Gasteiger partial charge in [-0.3, -0.25) is 4.79 Å². The summed E-state index contributed by atoms with van der Waals surface area (Å²) in [6.45, 7) is 9.75. The summed E-state index contributed by atoms with van der Waals surface area (Å²) in [6.07, 6.45) is 4.86. The fourth-order valence-electron chi connectivity index (χ4n) is 1.66. The quantitative estimate of drug-likeness (QED) is 0.552. The Balaban J connectivity index is 3.68. The fraction of sp³-hybridized carbons (Fsp3) is 0.929. The van der Waals surface area contributed by atoms with Crippen LogP contribution in [0.25, 0.3) is 0 Å². The van der Waals surface area contributed by atoms with Gasteiger partial charge in [0.1, 0.15) is 0 Å². The van der Waals surface area contributed by atoms with Crippen LogP contribution in [-0.4, -0.2) is 25.8 Å². The first-order valence-electron chi connectivity index (χ1n) is 6.89. The summed E-state index contributed by atoms with van der Waals surface area (Å²) in [5, 5.41) is 0. The molecule has 3 nitrogen and oxygen atoms in total. The molecule has 17 heavy (non-hydrogen) atoms. The second-order valence-corrected chi connectivity index (χ2v) is 4.61. The van der Waals surface area contributed by atoms with Crippen molar-refractivity contribution in [1.29, 1.82) is 0 Å². The lowest BCUT2D eigenvalue weighted by molar-refractivity contribution is -0.149. The van der Waals surface area contributed by atoms with Gasteiger partial charge in [0, 0.05) is 6.61 Å². The van der Waals surface area contributed by atoms with E-state index in [-0.39, 0.29) is 11.9 Å². The molecule has 0 N–H and O–H groups in total. The Morgan fingerprint density at radius 3 is 2.41 bits per heavy atom. The van der Waals surface area contributed by atoms with Crippen LogP contribution in [0.3, 0.4) is 0 Å². The van der Waals surface area contributed by atoms with Gasteiger partial charge in [0.15, 0.2) is 0 Å². The molecule has 0 amide bonds. The topological polar surface area (TPSA) is 35.5 Å². The third-order valence-electron chi connectivity index (χ3n) is 2.95. The van der Waals surface area contributed by atoms with Gasteiger partial charge in [0.2, 0.25) is 0 Å². The molecule has 0 aliphatic heterocycles. The Morgan fingerprint density at radius 2 is 1.88 bits per heavy atom. The molecule has 0 saturated carbocycles. The third-order valence-corrected chi connectivity index (χ3v) is 2.95. The fourth-order valence-corrected chi connectivity index (χ4v) is 1.66. The summed E-state index contributed by atoms with van der Waals surface area (Å²) in [4.78, 5) is 11.4. The van der Waals surface area contributed by atoms with Crippen molar-refractivity contribution >= 4 is 5.97 Å². The number of unbranched alkanes of at least 4 members (excludes halogenated alkanes) is 1. The maximum Gasteiger partial charge on any atom is 0.310 e. The van der Waals surface area contributed by atoms with Crippen LogP contribution in [-0.2, 0) is 14.3 Å². The van der Waals surface area contributed by atoms with Crippen LogP contribution in [0, 0.1) is 11.8 Å². The Hall–Kier alpha value is -0.570. The van der Waals surface area contributed by atoms with E-state index >= 15 is 0 Å². The molecule has 0 rings (SSSR count). The van der Waals surface area contributed by atoms with E-state index in [0.29, 0.717) is 19.1 Å². The monoisotopic (exact) mass is 244 g/mol. The van der Waals surface area contributed by atoms with Crippen molar-refractivity contribution in [3.05, 3.63) is 0 Å². The molecule has 2 atom stereocenters. The number of carbonyl (C=O) groups is 1. The molecule has 0 spiro atoms. The van der Waals surface area contributed by atoms with Crippen molar-refractivity contribution in [3.8, 4) is 0 Å². The van der Waals surface area contributed by atoms with Gasteiger partial charge in [-0.05, 0) is 26.2 Å². The first-order chi connectivity index (χ1) is 8.15. The van der Waals surface area contributed by atoms with Crippen LogP contribution in [0.2, 0.25) is 0 Å². The van der Waals surface area contributed by atoms with Gasteiger partial charge >= 0.3 is 5.97 Å². The highest BCUT2D eigenvalue weighted by Crippen LogP contribution is 2.13. The first kappa shape index (κ1) is 16.4. The van der Waals surface area contributed by atoms with Crippen LogP contribution < -0.4 is 0 Å². The highest BCUT2D eigenvalue weighted by atomic mass is 16.5. The molecular weight excluding hydrogens is 216 g/mol. The lowest BCUT2D eigenvalue weighted by atomic mass is 10.0. The first-order valence-corrected chi connectivity index (χ1v) is 6.89. The van der Waals surface area contributed by atoms with Crippen molar-refractivity contribution in [2.24, 2.45) is 11.8 Å². The predicted molar refractivity (Wildman–Crippen MR) is 69.9 cm³/mol. The Labute approximate surface area is 106 Å². The smallest absolute Gasteiger partial charge is 0.310 e. The summed E-state index contributed by atoms with van der Waals surface area (Å²) in [5.41, 5.74) is 0. The van der Waals surface area contributed by atoms with Gasteiger partial charge in [0.05, 0.1) is 19.1 Å². The summed E-state index contributed by atoms with van der Waals surface area (Å²) >= 11 is 0. The van der Waals surface area contributed by atoms with Crippen LogP contribution in [0.4, 0.5) is 0 Å². The van der Waals surface area contributed by atoms with E-state index in [4.69, 9.17) is 9.47 Å². The van der Waals surface area contributed by atoms with Crippen molar-refractivity contribution in [2.75, 3.05) is 19.8 Å². The molecule has 0 aliphatic carbocycles. The zero-order valence-corrected chi connectivity index (χ0v) is 11.8. The van der Waals surface area contributed by atoms with E-state index in [0.717, 1.165) is 13.0 Å². The predicted octanol–water partition coefficient (Wildman–Crippen LogP) is 3.42. The molecule has 0 bridgehead atoms. The standard InChI is InChI=1S/C14H28O3/c1-5-8-9-13(6-2)11-16-10-12(4)14(15)17-7-3/h12-13H,5-11H2,1-4H3. The van der Waals surface area contributed by atoms with Gasteiger partial charge in [-0.15, -0.1) is 0 Å². The average Bonchev–Trinajstić information content (AvgIpc) is 2.33. The van der Waals surface area contributed by atoms with Crippen LogP contribution in [0.15, 0.2) is 0 Å². The van der Waals surface area contributed by atoms with Crippen LogP contribution in [0.1, 0.15) is 53.4 Å². The SMILES string of the molecule is CCCCC(CC)COCC(C)C(=O)OCC. The molecule has 0 aromatic rings. The minimum atomic E-state index is -0.158. The molecule has 0 heterocycles. The number of rotatable bonds is 10. The molecule has 2 unspecified atom stereocenters. The van der Waals surface area contributed by atoms with Gasteiger partial charge in [-0.25, -0.2) is 0 Å². The van der Waals surface area contributed by atoms with E-state index < -0.39 is 0 Å². The number of carbonyl (C=O) groups excluding carboxylic acids is 1. The third kappa shape index (κ3) is 8.19. The summed E-state index contributed by atoms with van der Waals surface area (Å²) in [6, 6.07) is 0. The van der Waals surface area contributed by atoms with E-state index in [1.807, 2.05) is 13.8 Å². The van der Waals surface area contributed by atoms with E-state index in [1.54, 1.807) is 0 Å². The summed E-state index contributed by atoms with van der Waals surface area (Å²) in [7, 11) is 0. The van der Waals surface area contributed by atoms with E-state index in [2.05, 4.69) is 13.8 Å². The zero-order chi connectivity index (χ0) is 13.1. The Bertz CT molecular complexity index is 192. The minimum absolute atomic E-state index is 0.154. The van der Waals surface area contributed by atoms with Crippen molar-refractivity contribution in [2.45, 2.75) is 53.4 Å². The average molecular weight is 244 g/mol. The normalized spacial score (nSPS) is 14.4. The molecule has 3 heteroatoms. The highest BCUT2D eigenvalue weighted by molar-refractivity contribution is 5.72. The molecular formula is C14H28O3. The molecule has 0 aromatic carbocycles. The summed E-state index contributed by atoms with van der Waals surface area (Å²) < 4.78 is 10.5. The van der Waals surface area contributed by atoms with E-state index in [1.165, 1.54) is 19.3 Å².